The maximum absolute atomic E-state index is 13.5. The summed E-state index contributed by atoms with van der Waals surface area (Å²) in [6, 6.07) is 9.98. The summed E-state index contributed by atoms with van der Waals surface area (Å²) in [5, 5.41) is 2.70. The van der Waals surface area contributed by atoms with Crippen LogP contribution in [0.1, 0.15) is 22.8 Å². The lowest BCUT2D eigenvalue weighted by molar-refractivity contribution is 0.0945. The van der Waals surface area contributed by atoms with Crippen molar-refractivity contribution in [3.8, 4) is 0 Å². The second kappa shape index (κ2) is 6.24. The Kier molecular flexibility index (Phi) is 4.28. The molecule has 0 bridgehead atoms. The Morgan fingerprint density at radius 1 is 1.21 bits per heavy atom. The topological polar surface area (TPSA) is 66.5 Å². The molecule has 2 aromatic rings. The van der Waals surface area contributed by atoms with Crippen LogP contribution in [-0.2, 0) is 16.4 Å². The summed E-state index contributed by atoms with van der Waals surface area (Å²) in [7, 11) is -3.89. The van der Waals surface area contributed by atoms with Crippen LogP contribution in [0.5, 0.6) is 0 Å². The van der Waals surface area contributed by atoms with Crippen LogP contribution in [0.3, 0.4) is 0 Å². The van der Waals surface area contributed by atoms with Crippen LogP contribution in [0.4, 0.5) is 10.1 Å². The number of carbonyl (C=O) groups excluding carboxylic acids is 1. The Bertz CT molecular complexity index is 896. The van der Waals surface area contributed by atoms with Crippen LogP contribution < -0.4 is 9.62 Å². The molecule has 0 saturated carbocycles. The predicted octanol–water partition coefficient (Wildman–Crippen LogP) is 2.33. The first-order valence-corrected chi connectivity index (χ1v) is 9.07. The highest BCUT2D eigenvalue weighted by molar-refractivity contribution is 7.92. The van der Waals surface area contributed by atoms with Crippen LogP contribution in [-0.4, -0.2) is 27.4 Å². The second-order valence-corrected chi connectivity index (χ2v) is 7.34. The van der Waals surface area contributed by atoms with Gasteiger partial charge in [0.25, 0.3) is 15.9 Å². The number of nitrogens with zero attached hydrogens (tertiary/aromatic N) is 1. The summed E-state index contributed by atoms with van der Waals surface area (Å²) in [6.45, 7) is 2.37. The molecule has 0 unspecified atom stereocenters. The van der Waals surface area contributed by atoms with E-state index < -0.39 is 15.8 Å². The minimum atomic E-state index is -3.89. The Morgan fingerprint density at radius 2 is 2.00 bits per heavy atom. The number of anilines is 1. The molecule has 3 rings (SSSR count). The Hall–Kier alpha value is -2.41. The van der Waals surface area contributed by atoms with E-state index in [1.807, 2.05) is 0 Å². The van der Waals surface area contributed by atoms with E-state index >= 15 is 0 Å². The molecule has 7 heteroatoms. The molecule has 1 amide bonds. The summed E-state index contributed by atoms with van der Waals surface area (Å²) in [5.41, 5.74) is 1.45. The number of rotatable bonds is 4. The number of carbonyl (C=O) groups is 1. The molecule has 2 aromatic carbocycles. The number of hydrogen-bond acceptors (Lipinski definition) is 3. The van der Waals surface area contributed by atoms with Gasteiger partial charge in [0.1, 0.15) is 5.82 Å². The zero-order valence-electron chi connectivity index (χ0n) is 13.1. The van der Waals surface area contributed by atoms with Gasteiger partial charge in [-0.25, -0.2) is 12.8 Å². The number of halogens is 1. The van der Waals surface area contributed by atoms with Crippen LogP contribution in [0.2, 0.25) is 0 Å². The molecular weight excluding hydrogens is 331 g/mol. The van der Waals surface area contributed by atoms with Gasteiger partial charge in [0.05, 0.1) is 10.6 Å². The van der Waals surface area contributed by atoms with Crippen LogP contribution in [0.15, 0.2) is 47.4 Å². The zero-order chi connectivity index (χ0) is 17.3. The third-order valence-electron chi connectivity index (χ3n) is 3.98. The first-order valence-electron chi connectivity index (χ1n) is 7.63. The van der Waals surface area contributed by atoms with Crippen molar-refractivity contribution < 1.29 is 17.6 Å². The molecule has 0 saturated heterocycles. The second-order valence-electron chi connectivity index (χ2n) is 5.47. The standard InChI is InChI=1S/C17H17FN2O3S/c1-2-20(14-5-3-4-13(18)10-14)24(22,23)15-7-6-12-8-9-19-17(21)16(12)11-15/h3-7,10-11H,2,8-9H2,1H3,(H,19,21). The van der Waals surface area contributed by atoms with Crippen LogP contribution in [0, 0.1) is 5.82 Å². The molecule has 1 aliphatic heterocycles. The molecule has 0 spiro atoms. The molecule has 0 fully saturated rings. The lowest BCUT2D eigenvalue weighted by atomic mass is 10.0. The molecule has 0 aromatic heterocycles. The van der Waals surface area contributed by atoms with E-state index in [2.05, 4.69) is 5.32 Å². The lowest BCUT2D eigenvalue weighted by Gasteiger charge is -2.24. The molecule has 0 aliphatic carbocycles. The van der Waals surface area contributed by atoms with E-state index in [9.17, 15) is 17.6 Å². The fourth-order valence-electron chi connectivity index (χ4n) is 2.80. The molecule has 1 aliphatic rings. The lowest BCUT2D eigenvalue weighted by Crippen LogP contribution is -2.33. The van der Waals surface area contributed by atoms with Gasteiger partial charge in [0.15, 0.2) is 0 Å². The van der Waals surface area contributed by atoms with Crippen molar-refractivity contribution in [2.75, 3.05) is 17.4 Å². The average molecular weight is 348 g/mol. The smallest absolute Gasteiger partial charge is 0.264 e. The first kappa shape index (κ1) is 16.4. The SMILES string of the molecule is CCN(c1cccc(F)c1)S(=O)(=O)c1ccc2c(c1)C(=O)NCC2. The van der Waals surface area contributed by atoms with Gasteiger partial charge in [-0.1, -0.05) is 12.1 Å². The fourth-order valence-corrected chi connectivity index (χ4v) is 4.29. The van der Waals surface area contributed by atoms with E-state index in [4.69, 9.17) is 0 Å². The van der Waals surface area contributed by atoms with E-state index in [1.165, 1.54) is 36.4 Å². The average Bonchev–Trinajstić information content (AvgIpc) is 2.55. The number of fused-ring (bicyclic) bond motifs is 1. The molecule has 126 valence electrons. The maximum atomic E-state index is 13.5. The third kappa shape index (κ3) is 2.87. The Balaban J connectivity index is 2.06. The van der Waals surface area contributed by atoms with Gasteiger partial charge < -0.3 is 5.32 Å². The Labute approximate surface area is 140 Å². The predicted molar refractivity (Wildman–Crippen MR) is 89.1 cm³/mol. The van der Waals surface area contributed by atoms with Gasteiger partial charge in [0.2, 0.25) is 0 Å². The van der Waals surface area contributed by atoms with Crippen molar-refractivity contribution in [2.24, 2.45) is 0 Å². The summed E-state index contributed by atoms with van der Waals surface area (Å²) in [4.78, 5) is 12.0. The number of nitrogens with one attached hydrogen (secondary N) is 1. The molecule has 5 nitrogen and oxygen atoms in total. The maximum Gasteiger partial charge on any atom is 0.264 e. The first-order chi connectivity index (χ1) is 11.4. The molecule has 0 atom stereocenters. The highest BCUT2D eigenvalue weighted by Gasteiger charge is 2.26. The Morgan fingerprint density at radius 3 is 2.71 bits per heavy atom. The molecule has 1 N–H and O–H groups in total. The van der Waals surface area contributed by atoms with Crippen LogP contribution >= 0.6 is 0 Å². The highest BCUT2D eigenvalue weighted by atomic mass is 32.2. The molecule has 1 heterocycles. The summed E-state index contributed by atoms with van der Waals surface area (Å²) >= 11 is 0. The number of benzene rings is 2. The van der Waals surface area contributed by atoms with Crippen LogP contribution in [0.25, 0.3) is 0 Å². The van der Waals surface area contributed by atoms with Gasteiger partial charge >= 0.3 is 0 Å². The highest BCUT2D eigenvalue weighted by Crippen LogP contribution is 2.26. The van der Waals surface area contributed by atoms with Gasteiger partial charge in [-0.3, -0.25) is 9.10 Å². The van der Waals surface area contributed by atoms with Crippen molar-refractivity contribution >= 4 is 21.6 Å². The molecular formula is C17H17FN2O3S. The summed E-state index contributed by atoms with van der Waals surface area (Å²) in [6.07, 6.45) is 0.669. The minimum Gasteiger partial charge on any atom is -0.352 e. The van der Waals surface area contributed by atoms with E-state index in [0.29, 0.717) is 18.5 Å². The third-order valence-corrected chi connectivity index (χ3v) is 5.88. The number of amides is 1. The van der Waals surface area contributed by atoms with Gasteiger partial charge in [0, 0.05) is 18.7 Å². The number of sulfonamides is 1. The fraction of sp³-hybridized carbons (Fsp3) is 0.235. The van der Waals surface area contributed by atoms with Gasteiger partial charge in [-0.15, -0.1) is 0 Å². The van der Waals surface area contributed by atoms with E-state index in [-0.39, 0.29) is 23.0 Å². The monoisotopic (exact) mass is 348 g/mol. The van der Waals surface area contributed by atoms with Crippen molar-refractivity contribution in [1.29, 1.82) is 0 Å². The van der Waals surface area contributed by atoms with Gasteiger partial charge in [-0.05, 0) is 49.2 Å². The largest absolute Gasteiger partial charge is 0.352 e. The molecule has 0 radical (unpaired) electrons. The normalized spacial score (nSPS) is 14.0. The summed E-state index contributed by atoms with van der Waals surface area (Å²) < 4.78 is 40.5. The van der Waals surface area contributed by atoms with E-state index in [1.54, 1.807) is 13.0 Å². The summed E-state index contributed by atoms with van der Waals surface area (Å²) in [5.74, 6) is -0.784. The van der Waals surface area contributed by atoms with Crippen molar-refractivity contribution in [3.05, 3.63) is 59.4 Å². The van der Waals surface area contributed by atoms with Crippen molar-refractivity contribution in [2.45, 2.75) is 18.2 Å². The van der Waals surface area contributed by atoms with Crippen molar-refractivity contribution in [1.82, 2.24) is 5.32 Å². The minimum absolute atomic E-state index is 0.0180. The number of hydrogen-bond donors (Lipinski definition) is 1. The van der Waals surface area contributed by atoms with Crippen molar-refractivity contribution in [3.63, 3.8) is 0 Å². The zero-order valence-corrected chi connectivity index (χ0v) is 13.9. The van der Waals surface area contributed by atoms with Gasteiger partial charge in [-0.2, -0.15) is 0 Å². The van der Waals surface area contributed by atoms with E-state index in [0.717, 1.165) is 9.87 Å². The quantitative estimate of drug-likeness (QED) is 0.922. The molecule has 24 heavy (non-hydrogen) atoms.